The molecule has 0 saturated carbocycles. The van der Waals surface area contributed by atoms with Crippen LogP contribution in [0.3, 0.4) is 0 Å². The number of esters is 1. The third-order valence-electron chi connectivity index (χ3n) is 3.77. The molecule has 0 radical (unpaired) electrons. The number of nitro benzene ring substituents is 1. The smallest absolute Gasteiger partial charge is 0.344 e. The van der Waals surface area contributed by atoms with Crippen LogP contribution in [0.2, 0.25) is 0 Å². The summed E-state index contributed by atoms with van der Waals surface area (Å²) in [6.07, 6.45) is 0. The van der Waals surface area contributed by atoms with E-state index in [1.807, 2.05) is 0 Å². The summed E-state index contributed by atoms with van der Waals surface area (Å²) in [5.41, 5.74) is -0.790. The molecule has 0 aliphatic carbocycles. The van der Waals surface area contributed by atoms with Crippen LogP contribution in [0.25, 0.3) is 0 Å². The van der Waals surface area contributed by atoms with E-state index >= 15 is 0 Å². The van der Waals surface area contributed by atoms with E-state index in [1.54, 1.807) is 24.3 Å². The Morgan fingerprint density at radius 3 is 2.11 bits per heavy atom. The predicted molar refractivity (Wildman–Crippen MR) is 104 cm³/mol. The van der Waals surface area contributed by atoms with E-state index in [9.17, 15) is 23.3 Å². The number of nitro groups is 1. The van der Waals surface area contributed by atoms with Crippen molar-refractivity contribution in [2.45, 2.75) is 9.79 Å². The molecule has 0 bridgehead atoms. The Kier molecular flexibility index (Phi) is 5.57. The molecule has 28 heavy (non-hydrogen) atoms. The van der Waals surface area contributed by atoms with Crippen molar-refractivity contribution in [3.8, 4) is 5.75 Å². The Hall–Kier alpha value is -3.04. The van der Waals surface area contributed by atoms with Gasteiger partial charge < -0.3 is 4.74 Å². The second-order valence-corrected chi connectivity index (χ2v) is 8.37. The van der Waals surface area contributed by atoms with E-state index in [-0.39, 0.29) is 16.2 Å². The Labute approximate surface area is 168 Å². The summed E-state index contributed by atoms with van der Waals surface area (Å²) in [4.78, 5) is 22.2. The molecule has 0 fully saturated rings. The maximum atomic E-state index is 13.1. The van der Waals surface area contributed by atoms with Crippen molar-refractivity contribution in [1.29, 1.82) is 0 Å². The highest BCUT2D eigenvalue weighted by molar-refractivity contribution is 9.10. The van der Waals surface area contributed by atoms with Gasteiger partial charge in [0.15, 0.2) is 0 Å². The normalized spacial score (nSPS) is 11.0. The highest BCUT2D eigenvalue weighted by atomic mass is 79.9. The molecule has 3 rings (SSSR count). The lowest BCUT2D eigenvalue weighted by molar-refractivity contribution is -0.387. The van der Waals surface area contributed by atoms with Crippen LogP contribution in [0, 0.1) is 10.1 Å². The molecule has 0 saturated heterocycles. The number of ether oxygens (including phenoxy) is 1. The molecule has 0 atom stereocenters. The number of carbonyl (C=O) groups excluding carboxylic acids is 1. The van der Waals surface area contributed by atoms with Crippen molar-refractivity contribution in [3.63, 3.8) is 0 Å². The zero-order valence-corrected chi connectivity index (χ0v) is 16.5. The highest BCUT2D eigenvalue weighted by Gasteiger charge is 2.31. The fourth-order valence-corrected chi connectivity index (χ4v) is 4.36. The molecule has 0 spiro atoms. The van der Waals surface area contributed by atoms with Crippen molar-refractivity contribution in [2.75, 3.05) is 0 Å². The van der Waals surface area contributed by atoms with Crippen LogP contribution in [0.5, 0.6) is 5.75 Å². The van der Waals surface area contributed by atoms with E-state index in [0.29, 0.717) is 0 Å². The number of nitrogens with zero attached hydrogens (tertiary/aromatic N) is 1. The van der Waals surface area contributed by atoms with Gasteiger partial charge in [0, 0.05) is 10.5 Å². The number of halogens is 1. The van der Waals surface area contributed by atoms with Crippen molar-refractivity contribution in [2.24, 2.45) is 0 Å². The van der Waals surface area contributed by atoms with Crippen LogP contribution in [0.15, 0.2) is 87.1 Å². The van der Waals surface area contributed by atoms with Crippen LogP contribution in [0.1, 0.15) is 10.4 Å². The van der Waals surface area contributed by atoms with Crippen molar-refractivity contribution >= 4 is 37.4 Å². The van der Waals surface area contributed by atoms with Crippen LogP contribution in [-0.4, -0.2) is 19.3 Å². The molecule has 0 heterocycles. The third kappa shape index (κ3) is 3.95. The fraction of sp³-hybridized carbons (Fsp3) is 0. The third-order valence-corrected chi connectivity index (χ3v) is 6.16. The molecule has 0 aliphatic rings. The van der Waals surface area contributed by atoms with Gasteiger partial charge in [0.2, 0.25) is 9.84 Å². The van der Waals surface area contributed by atoms with E-state index in [1.165, 1.54) is 36.4 Å². The standard InChI is InChI=1S/C19H12BrNO6S/c20-13-9-11-14(12-10-13)27-19(22)15-5-1-3-7-17(15)28(25,26)18-8-4-2-6-16(18)21(23)24/h1-12H. The first kappa shape index (κ1) is 19.7. The molecule has 0 unspecified atom stereocenters. The molecule has 0 amide bonds. The van der Waals surface area contributed by atoms with Crippen molar-refractivity contribution in [1.82, 2.24) is 0 Å². The summed E-state index contributed by atoms with van der Waals surface area (Å²) in [5, 5.41) is 11.2. The van der Waals surface area contributed by atoms with E-state index < -0.39 is 31.3 Å². The number of benzene rings is 3. The SMILES string of the molecule is O=C(Oc1ccc(Br)cc1)c1ccccc1S(=O)(=O)c1ccccc1[N+](=O)[O-]. The van der Waals surface area contributed by atoms with Gasteiger partial charge >= 0.3 is 5.97 Å². The van der Waals surface area contributed by atoms with Crippen LogP contribution in [-0.2, 0) is 9.84 Å². The Morgan fingerprint density at radius 1 is 0.893 bits per heavy atom. The average molecular weight is 462 g/mol. The lowest BCUT2D eigenvalue weighted by atomic mass is 10.2. The summed E-state index contributed by atoms with van der Waals surface area (Å²) in [6.45, 7) is 0. The summed E-state index contributed by atoms with van der Waals surface area (Å²) in [6, 6.07) is 16.8. The lowest BCUT2D eigenvalue weighted by Crippen LogP contribution is -2.15. The molecule has 3 aromatic rings. The van der Waals surface area contributed by atoms with Crippen LogP contribution >= 0.6 is 15.9 Å². The first-order chi connectivity index (χ1) is 13.3. The number of carbonyl (C=O) groups is 1. The zero-order valence-electron chi connectivity index (χ0n) is 14.1. The number of rotatable bonds is 5. The maximum Gasteiger partial charge on any atom is 0.344 e. The van der Waals surface area contributed by atoms with Gasteiger partial charge in [-0.1, -0.05) is 40.2 Å². The fourth-order valence-electron chi connectivity index (χ4n) is 2.49. The number of hydrogen-bond acceptors (Lipinski definition) is 6. The largest absolute Gasteiger partial charge is 0.423 e. The maximum absolute atomic E-state index is 13.1. The van der Waals surface area contributed by atoms with Gasteiger partial charge in [0.25, 0.3) is 5.69 Å². The van der Waals surface area contributed by atoms with Crippen molar-refractivity contribution in [3.05, 3.63) is 92.9 Å². The van der Waals surface area contributed by atoms with E-state index in [4.69, 9.17) is 4.74 Å². The monoisotopic (exact) mass is 461 g/mol. The zero-order chi connectivity index (χ0) is 20.3. The summed E-state index contributed by atoms with van der Waals surface area (Å²) in [5.74, 6) is -0.661. The van der Waals surface area contributed by atoms with Gasteiger partial charge in [-0.25, -0.2) is 13.2 Å². The first-order valence-electron chi connectivity index (χ1n) is 7.86. The Bertz CT molecular complexity index is 1160. The number of hydrogen-bond donors (Lipinski definition) is 0. The average Bonchev–Trinajstić information content (AvgIpc) is 2.69. The molecular weight excluding hydrogens is 450 g/mol. The Morgan fingerprint density at radius 2 is 1.46 bits per heavy atom. The molecule has 3 aromatic carbocycles. The first-order valence-corrected chi connectivity index (χ1v) is 10.1. The quantitative estimate of drug-likeness (QED) is 0.241. The van der Waals surface area contributed by atoms with Gasteiger partial charge in [-0.2, -0.15) is 0 Å². The molecule has 9 heteroatoms. The second-order valence-electron chi connectivity index (χ2n) is 5.57. The van der Waals surface area contributed by atoms with Gasteiger partial charge in [-0.05, 0) is 42.5 Å². The van der Waals surface area contributed by atoms with E-state index in [2.05, 4.69) is 15.9 Å². The minimum atomic E-state index is -4.34. The van der Waals surface area contributed by atoms with Gasteiger partial charge in [-0.15, -0.1) is 0 Å². The molecular formula is C19H12BrNO6S. The molecule has 142 valence electrons. The van der Waals surface area contributed by atoms with E-state index in [0.717, 1.165) is 16.6 Å². The number of para-hydroxylation sites is 1. The highest BCUT2D eigenvalue weighted by Crippen LogP contribution is 2.31. The number of sulfone groups is 1. The van der Waals surface area contributed by atoms with Gasteiger partial charge in [0.05, 0.1) is 15.4 Å². The van der Waals surface area contributed by atoms with Gasteiger partial charge in [0.1, 0.15) is 10.6 Å². The molecule has 7 nitrogen and oxygen atoms in total. The molecule has 0 N–H and O–H groups in total. The second kappa shape index (κ2) is 7.91. The topological polar surface area (TPSA) is 104 Å². The summed E-state index contributed by atoms with van der Waals surface area (Å²) in [7, 11) is -4.34. The van der Waals surface area contributed by atoms with Crippen molar-refractivity contribution < 1.29 is 22.9 Å². The Balaban J connectivity index is 2.06. The summed E-state index contributed by atoms with van der Waals surface area (Å²) >= 11 is 3.26. The molecule has 0 aliphatic heterocycles. The minimum absolute atomic E-state index is 0.219. The predicted octanol–water partition coefficient (Wildman–Crippen LogP) is 4.41. The summed E-state index contributed by atoms with van der Waals surface area (Å²) < 4.78 is 32.2. The minimum Gasteiger partial charge on any atom is -0.423 e. The van der Waals surface area contributed by atoms with Gasteiger partial charge in [-0.3, -0.25) is 10.1 Å². The molecule has 0 aromatic heterocycles. The van der Waals surface area contributed by atoms with Crippen LogP contribution < -0.4 is 4.74 Å². The lowest BCUT2D eigenvalue weighted by Gasteiger charge is -2.11. The van der Waals surface area contributed by atoms with Crippen LogP contribution in [0.4, 0.5) is 5.69 Å².